The molecule has 0 bridgehead atoms. The maximum Gasteiger partial charge on any atom is 0.191 e. The molecule has 134 valence electrons. The molecule has 1 saturated heterocycles. The van der Waals surface area contributed by atoms with Gasteiger partial charge in [-0.2, -0.15) is 0 Å². The van der Waals surface area contributed by atoms with E-state index in [1.54, 1.807) is 14.2 Å². The van der Waals surface area contributed by atoms with Gasteiger partial charge < -0.3 is 20.1 Å². The third kappa shape index (κ3) is 4.87. The summed E-state index contributed by atoms with van der Waals surface area (Å²) in [5, 5.41) is 6.82. The first-order chi connectivity index (χ1) is 11.4. The van der Waals surface area contributed by atoms with Crippen LogP contribution in [0.3, 0.4) is 0 Å². The largest absolute Gasteiger partial charge is 0.497 e. The average Bonchev–Trinajstić information content (AvgIpc) is 3.02. The number of nitrogens with zero attached hydrogens (tertiary/aromatic N) is 1. The molecule has 0 aromatic heterocycles. The summed E-state index contributed by atoms with van der Waals surface area (Å²) in [5.74, 6) is 1.69. The number of benzene rings is 1. The molecule has 5 heteroatoms. The lowest BCUT2D eigenvalue weighted by atomic mass is 9.84. The highest BCUT2D eigenvalue weighted by Gasteiger charge is 2.30. The summed E-state index contributed by atoms with van der Waals surface area (Å²) < 4.78 is 11.1. The Hall–Kier alpha value is -1.75. The molecule has 1 atom stereocenters. The van der Waals surface area contributed by atoms with Crippen molar-refractivity contribution in [2.24, 2.45) is 4.99 Å². The van der Waals surface area contributed by atoms with E-state index in [9.17, 15) is 0 Å². The van der Waals surface area contributed by atoms with Crippen molar-refractivity contribution >= 4 is 5.96 Å². The predicted octanol–water partition coefficient (Wildman–Crippen LogP) is 2.71. The summed E-state index contributed by atoms with van der Waals surface area (Å²) in [6.07, 6.45) is 2.22. The quantitative estimate of drug-likeness (QED) is 0.621. The third-order valence-corrected chi connectivity index (χ3v) is 4.70. The normalized spacial score (nSPS) is 21.6. The van der Waals surface area contributed by atoms with E-state index in [0.717, 1.165) is 44.2 Å². The minimum atomic E-state index is -0.0834. The summed E-state index contributed by atoms with van der Waals surface area (Å²) in [4.78, 5) is 4.32. The van der Waals surface area contributed by atoms with Gasteiger partial charge in [0.05, 0.1) is 12.7 Å². The van der Waals surface area contributed by atoms with Crippen LogP contribution in [0.25, 0.3) is 0 Å². The highest BCUT2D eigenvalue weighted by molar-refractivity contribution is 5.79. The van der Waals surface area contributed by atoms with E-state index < -0.39 is 0 Å². The maximum atomic E-state index is 5.82. The number of hydrogen-bond donors (Lipinski definition) is 2. The van der Waals surface area contributed by atoms with Crippen molar-refractivity contribution in [1.29, 1.82) is 0 Å². The first-order valence-corrected chi connectivity index (χ1v) is 8.62. The molecular weight excluding hydrogens is 302 g/mol. The topological polar surface area (TPSA) is 54.9 Å². The van der Waals surface area contributed by atoms with Gasteiger partial charge in [-0.05, 0) is 37.5 Å². The van der Waals surface area contributed by atoms with Crippen LogP contribution in [0.1, 0.15) is 39.2 Å². The Kier molecular flexibility index (Phi) is 6.10. The zero-order valence-electron chi connectivity index (χ0n) is 15.6. The summed E-state index contributed by atoms with van der Waals surface area (Å²) in [6, 6.07) is 8.22. The average molecular weight is 333 g/mol. The fourth-order valence-electron chi connectivity index (χ4n) is 2.92. The van der Waals surface area contributed by atoms with Gasteiger partial charge in [-0.25, -0.2) is 0 Å². The fraction of sp³-hybridized carbons (Fsp3) is 0.632. The van der Waals surface area contributed by atoms with Gasteiger partial charge in [0.1, 0.15) is 5.75 Å². The molecule has 2 rings (SSSR count). The minimum absolute atomic E-state index is 0.0417. The van der Waals surface area contributed by atoms with Crippen LogP contribution in [0.15, 0.2) is 29.3 Å². The van der Waals surface area contributed by atoms with E-state index in [1.165, 1.54) is 5.56 Å². The summed E-state index contributed by atoms with van der Waals surface area (Å²) in [5.41, 5.74) is 1.11. The molecule has 1 aliphatic rings. The molecule has 2 N–H and O–H groups in total. The van der Waals surface area contributed by atoms with E-state index in [0.29, 0.717) is 0 Å². The molecule has 1 aromatic carbocycles. The van der Waals surface area contributed by atoms with Gasteiger partial charge >= 0.3 is 0 Å². The van der Waals surface area contributed by atoms with Gasteiger partial charge in [0.25, 0.3) is 0 Å². The Balaban J connectivity index is 1.91. The molecule has 1 heterocycles. The molecule has 0 saturated carbocycles. The molecule has 1 unspecified atom stereocenters. The lowest BCUT2D eigenvalue weighted by molar-refractivity contribution is 0.0242. The monoisotopic (exact) mass is 333 g/mol. The first-order valence-electron chi connectivity index (χ1n) is 8.62. The molecule has 1 fully saturated rings. The fourth-order valence-corrected chi connectivity index (χ4v) is 2.92. The number of rotatable bonds is 6. The van der Waals surface area contributed by atoms with E-state index in [-0.39, 0.29) is 11.0 Å². The predicted molar refractivity (Wildman–Crippen MR) is 99.0 cm³/mol. The summed E-state index contributed by atoms with van der Waals surface area (Å²) in [6.45, 7) is 8.98. The first kappa shape index (κ1) is 18.6. The Bertz CT molecular complexity index is 563. The van der Waals surface area contributed by atoms with E-state index in [2.05, 4.69) is 48.5 Å². The van der Waals surface area contributed by atoms with Crippen LogP contribution in [0.4, 0.5) is 0 Å². The van der Waals surface area contributed by atoms with Crippen LogP contribution < -0.4 is 15.4 Å². The van der Waals surface area contributed by atoms with Crippen molar-refractivity contribution in [1.82, 2.24) is 10.6 Å². The Morgan fingerprint density at radius 2 is 2.17 bits per heavy atom. The number of aliphatic imine (C=N–C) groups is 1. The molecule has 1 aliphatic heterocycles. The highest BCUT2D eigenvalue weighted by atomic mass is 16.5. The number of methoxy groups -OCH3 is 1. The van der Waals surface area contributed by atoms with Crippen molar-refractivity contribution in [3.8, 4) is 5.75 Å². The molecule has 0 aliphatic carbocycles. The summed E-state index contributed by atoms with van der Waals surface area (Å²) in [7, 11) is 3.49. The van der Waals surface area contributed by atoms with Gasteiger partial charge in [0, 0.05) is 32.2 Å². The number of guanidine groups is 1. The Labute approximate surface area is 145 Å². The van der Waals surface area contributed by atoms with Crippen LogP contribution in [0.5, 0.6) is 5.75 Å². The van der Waals surface area contributed by atoms with Gasteiger partial charge in [-0.15, -0.1) is 0 Å². The standard InChI is InChI=1S/C19H31N3O2/c1-18(2,15-8-6-9-16(12-15)23-5)13-21-17(20-4)22-14-19(3)10-7-11-24-19/h6,8-9,12H,7,10-11,13-14H2,1-5H3,(H2,20,21,22). The van der Waals surface area contributed by atoms with Crippen LogP contribution in [0.2, 0.25) is 0 Å². The molecule has 0 amide bonds. The van der Waals surface area contributed by atoms with Crippen molar-refractivity contribution in [3.05, 3.63) is 29.8 Å². The van der Waals surface area contributed by atoms with Crippen LogP contribution >= 0.6 is 0 Å². The lowest BCUT2D eigenvalue weighted by Crippen LogP contribution is -2.48. The zero-order valence-corrected chi connectivity index (χ0v) is 15.6. The van der Waals surface area contributed by atoms with Crippen molar-refractivity contribution in [2.75, 3.05) is 33.9 Å². The van der Waals surface area contributed by atoms with E-state index in [4.69, 9.17) is 9.47 Å². The van der Waals surface area contributed by atoms with E-state index >= 15 is 0 Å². The van der Waals surface area contributed by atoms with Crippen LogP contribution in [-0.4, -0.2) is 45.4 Å². The Morgan fingerprint density at radius 3 is 2.79 bits per heavy atom. The van der Waals surface area contributed by atoms with Gasteiger partial charge in [0.15, 0.2) is 5.96 Å². The Morgan fingerprint density at radius 1 is 1.38 bits per heavy atom. The number of hydrogen-bond acceptors (Lipinski definition) is 3. The molecular formula is C19H31N3O2. The van der Waals surface area contributed by atoms with E-state index in [1.807, 2.05) is 12.1 Å². The van der Waals surface area contributed by atoms with Gasteiger partial charge in [-0.1, -0.05) is 26.0 Å². The smallest absolute Gasteiger partial charge is 0.191 e. The highest BCUT2D eigenvalue weighted by Crippen LogP contribution is 2.26. The second-order valence-electron chi connectivity index (χ2n) is 7.30. The van der Waals surface area contributed by atoms with Crippen LogP contribution in [0, 0.1) is 0 Å². The third-order valence-electron chi connectivity index (χ3n) is 4.70. The maximum absolute atomic E-state index is 5.82. The minimum Gasteiger partial charge on any atom is -0.497 e. The van der Waals surface area contributed by atoms with Crippen molar-refractivity contribution < 1.29 is 9.47 Å². The lowest BCUT2D eigenvalue weighted by Gasteiger charge is -2.29. The molecule has 1 aromatic rings. The molecule has 0 radical (unpaired) electrons. The number of ether oxygens (including phenoxy) is 2. The SMILES string of the molecule is CN=C(NCC1(C)CCCO1)NCC(C)(C)c1cccc(OC)c1. The summed E-state index contributed by atoms with van der Waals surface area (Å²) >= 11 is 0. The zero-order chi connectivity index (χ0) is 17.6. The van der Waals surface area contributed by atoms with Crippen molar-refractivity contribution in [2.45, 2.75) is 44.6 Å². The molecule has 0 spiro atoms. The number of nitrogens with one attached hydrogen (secondary N) is 2. The van der Waals surface area contributed by atoms with Crippen LogP contribution in [-0.2, 0) is 10.2 Å². The van der Waals surface area contributed by atoms with Gasteiger partial charge in [0.2, 0.25) is 0 Å². The van der Waals surface area contributed by atoms with Gasteiger partial charge in [-0.3, -0.25) is 4.99 Å². The second kappa shape index (κ2) is 7.88. The molecule has 5 nitrogen and oxygen atoms in total. The molecule has 24 heavy (non-hydrogen) atoms. The second-order valence-corrected chi connectivity index (χ2v) is 7.30. The van der Waals surface area contributed by atoms with Crippen molar-refractivity contribution in [3.63, 3.8) is 0 Å².